The van der Waals surface area contributed by atoms with E-state index < -0.39 is 18.0 Å². The number of anilines is 1. The third-order valence-electron chi connectivity index (χ3n) is 5.29. The van der Waals surface area contributed by atoms with Gasteiger partial charge in [0.25, 0.3) is 11.5 Å². The molecule has 1 aromatic carbocycles. The first-order chi connectivity index (χ1) is 16.4. The molecule has 4 rings (SSSR count). The van der Waals surface area contributed by atoms with E-state index in [1.54, 1.807) is 24.7 Å². The molecular weight excluding hydrogens is 470 g/mol. The van der Waals surface area contributed by atoms with Crippen molar-refractivity contribution in [1.29, 1.82) is 0 Å². The molecule has 7 nitrogen and oxygen atoms in total. The van der Waals surface area contributed by atoms with Crippen molar-refractivity contribution in [2.45, 2.75) is 20.0 Å². The van der Waals surface area contributed by atoms with Crippen LogP contribution in [0.4, 0.5) is 5.69 Å². The molecule has 174 valence electrons. The maximum atomic E-state index is 13.0. The van der Waals surface area contributed by atoms with E-state index in [0.717, 1.165) is 9.75 Å². The zero-order valence-electron chi connectivity index (χ0n) is 18.8. The monoisotopic (exact) mass is 493 g/mol. The molecule has 0 aliphatic rings. The maximum Gasteiger partial charge on any atom is 0.340 e. The van der Waals surface area contributed by atoms with Gasteiger partial charge in [0.15, 0.2) is 6.10 Å². The number of nitrogens with zero attached hydrogens (tertiary/aromatic N) is 2. The molecule has 0 aliphatic heterocycles. The predicted octanol–water partition coefficient (Wildman–Crippen LogP) is 4.72. The highest BCUT2D eigenvalue weighted by molar-refractivity contribution is 7.12. The normalized spacial score (nSPS) is 12.4. The van der Waals surface area contributed by atoms with Gasteiger partial charge in [-0.2, -0.15) is 0 Å². The highest BCUT2D eigenvalue weighted by atomic mass is 32.1. The Bertz CT molecular complexity index is 1380. The summed E-state index contributed by atoms with van der Waals surface area (Å²) in [5.41, 5.74) is 1.41. The summed E-state index contributed by atoms with van der Waals surface area (Å²) in [6.45, 7) is 3.23. The average molecular weight is 494 g/mol. The quantitative estimate of drug-likeness (QED) is 0.298. The smallest absolute Gasteiger partial charge is 0.340 e. The number of carbonyl (C=O) groups excluding carboxylic acids is 2. The lowest BCUT2D eigenvalue weighted by Gasteiger charge is -2.14. The first-order valence-electron chi connectivity index (χ1n) is 10.5. The zero-order valence-corrected chi connectivity index (χ0v) is 20.5. The van der Waals surface area contributed by atoms with Crippen molar-refractivity contribution in [2.75, 3.05) is 5.32 Å². The van der Waals surface area contributed by atoms with Crippen LogP contribution in [0, 0.1) is 6.92 Å². The van der Waals surface area contributed by atoms with Gasteiger partial charge >= 0.3 is 5.97 Å². The van der Waals surface area contributed by atoms with Gasteiger partial charge in [-0.3, -0.25) is 14.3 Å². The van der Waals surface area contributed by atoms with Crippen molar-refractivity contribution in [3.05, 3.63) is 91.2 Å². The van der Waals surface area contributed by atoms with Crippen molar-refractivity contribution in [1.82, 2.24) is 9.36 Å². The molecule has 0 aliphatic carbocycles. The van der Waals surface area contributed by atoms with Crippen LogP contribution in [-0.2, 0) is 21.4 Å². The standard InChI is InChI=1S/C25H23N3O4S2/c1-16-22(24(30)28(27(16)3)18-9-5-4-6-10-18)26-23(29)17(2)32-25(31)20(21-12-8-14-34-21)15-19-11-7-13-33-19/h4-15,17H,1-3H3,(H,26,29)/b20-15+. The fourth-order valence-corrected chi connectivity index (χ4v) is 4.78. The number of nitrogens with one attached hydrogen (secondary N) is 1. The molecule has 0 bridgehead atoms. The van der Waals surface area contributed by atoms with Gasteiger partial charge in [-0.1, -0.05) is 30.3 Å². The molecule has 0 radical (unpaired) electrons. The number of hydrogen-bond acceptors (Lipinski definition) is 6. The number of carbonyl (C=O) groups is 2. The van der Waals surface area contributed by atoms with E-state index in [1.165, 1.54) is 34.3 Å². The molecule has 34 heavy (non-hydrogen) atoms. The van der Waals surface area contributed by atoms with E-state index in [0.29, 0.717) is 17.0 Å². The Morgan fingerprint density at radius 2 is 1.74 bits per heavy atom. The number of esters is 1. The summed E-state index contributed by atoms with van der Waals surface area (Å²) in [4.78, 5) is 40.6. The molecule has 3 heterocycles. The van der Waals surface area contributed by atoms with Gasteiger partial charge in [0.05, 0.1) is 17.0 Å². The lowest BCUT2D eigenvalue weighted by Crippen LogP contribution is -2.32. The summed E-state index contributed by atoms with van der Waals surface area (Å²) in [6, 6.07) is 16.6. The minimum Gasteiger partial charge on any atom is -0.449 e. The fourth-order valence-electron chi connectivity index (χ4n) is 3.39. The van der Waals surface area contributed by atoms with Gasteiger partial charge in [0.2, 0.25) is 0 Å². The third-order valence-corrected chi connectivity index (χ3v) is 7.01. The Hall–Kier alpha value is -3.69. The summed E-state index contributed by atoms with van der Waals surface area (Å²) >= 11 is 2.91. The third kappa shape index (κ3) is 4.80. The number of ether oxygens (including phenoxy) is 1. The van der Waals surface area contributed by atoms with Crippen molar-refractivity contribution in [2.24, 2.45) is 7.05 Å². The first-order valence-corrected chi connectivity index (χ1v) is 12.3. The molecule has 4 aromatic rings. The van der Waals surface area contributed by atoms with Crippen LogP contribution in [-0.4, -0.2) is 27.3 Å². The summed E-state index contributed by atoms with van der Waals surface area (Å²) in [5.74, 6) is -1.19. The van der Waals surface area contributed by atoms with Gasteiger partial charge < -0.3 is 10.1 Å². The van der Waals surface area contributed by atoms with Crippen LogP contribution >= 0.6 is 22.7 Å². The second kappa shape index (κ2) is 10.1. The van der Waals surface area contributed by atoms with E-state index in [9.17, 15) is 14.4 Å². The number of benzene rings is 1. The lowest BCUT2D eigenvalue weighted by atomic mass is 10.2. The van der Waals surface area contributed by atoms with Gasteiger partial charge in [-0.05, 0) is 54.9 Å². The number of para-hydroxylation sites is 1. The zero-order chi connectivity index (χ0) is 24.2. The summed E-state index contributed by atoms with van der Waals surface area (Å²) in [7, 11) is 1.74. The van der Waals surface area contributed by atoms with Gasteiger partial charge in [0.1, 0.15) is 5.69 Å². The van der Waals surface area contributed by atoms with E-state index in [2.05, 4.69) is 5.32 Å². The van der Waals surface area contributed by atoms with Crippen molar-refractivity contribution in [3.8, 4) is 5.69 Å². The molecule has 9 heteroatoms. The minimum absolute atomic E-state index is 0.145. The van der Waals surface area contributed by atoms with E-state index in [4.69, 9.17) is 4.74 Å². The number of rotatable bonds is 7. The Labute approximate surface area is 204 Å². The Balaban J connectivity index is 1.53. The molecule has 0 saturated carbocycles. The van der Waals surface area contributed by atoms with Crippen LogP contribution < -0.4 is 10.9 Å². The molecule has 3 aromatic heterocycles. The van der Waals surface area contributed by atoms with Crippen molar-refractivity contribution in [3.63, 3.8) is 0 Å². The van der Waals surface area contributed by atoms with Crippen LogP contribution in [0.2, 0.25) is 0 Å². The fraction of sp³-hybridized carbons (Fsp3) is 0.160. The molecule has 1 N–H and O–H groups in total. The molecule has 1 amide bonds. The minimum atomic E-state index is -1.11. The second-order valence-corrected chi connectivity index (χ2v) is 9.45. The average Bonchev–Trinajstić information content (AvgIpc) is 3.58. The summed E-state index contributed by atoms with van der Waals surface area (Å²) in [5, 5.41) is 6.44. The van der Waals surface area contributed by atoms with E-state index in [-0.39, 0.29) is 11.2 Å². The second-order valence-electron chi connectivity index (χ2n) is 7.52. The Kier molecular flexibility index (Phi) is 6.95. The predicted molar refractivity (Wildman–Crippen MR) is 136 cm³/mol. The number of aromatic nitrogens is 2. The molecule has 1 unspecified atom stereocenters. The van der Waals surface area contributed by atoms with E-state index >= 15 is 0 Å². The number of thiophene rings is 2. The molecule has 0 fully saturated rings. The molecular formula is C25H23N3O4S2. The van der Waals surface area contributed by atoms with E-state index in [1.807, 2.05) is 65.4 Å². The highest BCUT2D eigenvalue weighted by Gasteiger charge is 2.25. The highest BCUT2D eigenvalue weighted by Crippen LogP contribution is 2.26. The molecule has 1 atom stereocenters. The van der Waals surface area contributed by atoms with Crippen LogP contribution in [0.3, 0.4) is 0 Å². The Morgan fingerprint density at radius 1 is 1.03 bits per heavy atom. The molecule has 0 saturated heterocycles. The number of amides is 1. The van der Waals surface area contributed by atoms with Gasteiger partial charge in [-0.25, -0.2) is 9.48 Å². The topological polar surface area (TPSA) is 82.3 Å². The SMILES string of the molecule is Cc1c(NC(=O)C(C)OC(=O)/C(=C/c2cccs2)c2cccs2)c(=O)n(-c2ccccc2)n1C. The van der Waals surface area contributed by atoms with Crippen LogP contribution in [0.1, 0.15) is 22.4 Å². The lowest BCUT2D eigenvalue weighted by molar-refractivity contribution is -0.147. The Morgan fingerprint density at radius 3 is 2.38 bits per heavy atom. The van der Waals surface area contributed by atoms with Gasteiger partial charge in [-0.15, -0.1) is 22.7 Å². The van der Waals surface area contributed by atoms with Crippen molar-refractivity contribution >= 4 is 51.9 Å². The summed E-state index contributed by atoms with van der Waals surface area (Å²) < 4.78 is 8.64. The maximum absolute atomic E-state index is 13.0. The van der Waals surface area contributed by atoms with Gasteiger partial charge in [0, 0.05) is 16.8 Å². The van der Waals surface area contributed by atoms with Crippen LogP contribution in [0.25, 0.3) is 17.3 Å². The first kappa shape index (κ1) is 23.5. The van der Waals surface area contributed by atoms with Crippen molar-refractivity contribution < 1.29 is 14.3 Å². The number of hydrogen-bond donors (Lipinski definition) is 1. The van der Waals surface area contributed by atoms with Crippen LogP contribution in [0.15, 0.2) is 70.2 Å². The van der Waals surface area contributed by atoms with Crippen LogP contribution in [0.5, 0.6) is 0 Å². The largest absolute Gasteiger partial charge is 0.449 e. The molecule has 0 spiro atoms. The summed E-state index contributed by atoms with van der Waals surface area (Å²) in [6.07, 6.45) is 0.645.